The molecule has 1 aromatic rings. The molecule has 4 nitrogen and oxygen atoms in total. The van der Waals surface area contributed by atoms with Crippen LogP contribution in [0.4, 0.5) is 0 Å². The van der Waals surface area contributed by atoms with Crippen molar-refractivity contribution in [3.63, 3.8) is 0 Å². The molecule has 1 heterocycles. The molecule has 0 aromatic carbocycles. The summed E-state index contributed by atoms with van der Waals surface area (Å²) in [6.45, 7) is 6.44. The Morgan fingerprint density at radius 1 is 1.42 bits per heavy atom. The van der Waals surface area contributed by atoms with Crippen LogP contribution in [0.15, 0.2) is 4.47 Å². The average molecular weight is 328 g/mol. The van der Waals surface area contributed by atoms with Crippen molar-refractivity contribution in [2.24, 2.45) is 18.9 Å². The normalized spacial score (nSPS) is 27.3. The second-order valence-corrected chi connectivity index (χ2v) is 6.51. The second-order valence-electron chi connectivity index (χ2n) is 5.72. The first kappa shape index (κ1) is 14.6. The Bertz CT molecular complexity index is 483. The predicted octanol–water partition coefficient (Wildman–Crippen LogP) is 3.05. The molecule has 1 fully saturated rings. The van der Waals surface area contributed by atoms with Crippen molar-refractivity contribution >= 4 is 21.8 Å². The van der Waals surface area contributed by atoms with E-state index in [1.165, 1.54) is 12.8 Å². The zero-order chi connectivity index (χ0) is 14.2. The van der Waals surface area contributed by atoms with Crippen molar-refractivity contribution in [1.82, 2.24) is 15.1 Å². The van der Waals surface area contributed by atoms with Crippen LogP contribution in [-0.2, 0) is 7.05 Å². The van der Waals surface area contributed by atoms with Gasteiger partial charge in [0.1, 0.15) is 0 Å². The van der Waals surface area contributed by atoms with E-state index in [0.29, 0.717) is 17.5 Å². The molecule has 0 radical (unpaired) electrons. The van der Waals surface area contributed by atoms with E-state index in [0.717, 1.165) is 16.6 Å². The number of halogens is 1. The first-order chi connectivity index (χ1) is 8.91. The van der Waals surface area contributed by atoms with E-state index in [2.05, 4.69) is 40.2 Å². The number of aromatic nitrogens is 2. The second kappa shape index (κ2) is 5.65. The zero-order valence-corrected chi connectivity index (χ0v) is 13.6. The van der Waals surface area contributed by atoms with Gasteiger partial charge in [-0.3, -0.25) is 9.48 Å². The van der Waals surface area contributed by atoms with Gasteiger partial charge in [-0.15, -0.1) is 0 Å². The van der Waals surface area contributed by atoms with Crippen LogP contribution in [-0.4, -0.2) is 21.7 Å². The van der Waals surface area contributed by atoms with Crippen LogP contribution >= 0.6 is 15.9 Å². The van der Waals surface area contributed by atoms with Crippen LogP contribution in [0.25, 0.3) is 0 Å². The number of carbonyl (C=O) groups excluding carboxylic acids is 1. The predicted molar refractivity (Wildman–Crippen MR) is 79.1 cm³/mol. The lowest BCUT2D eigenvalue weighted by molar-refractivity contribution is 0.0884. The SMILES string of the molecule is Cc1c(Br)c(C(=O)N[C@@H]2CCC[C@@H](C)[C@H]2C)nn1C. The van der Waals surface area contributed by atoms with Gasteiger partial charge in [0.15, 0.2) is 5.69 Å². The van der Waals surface area contributed by atoms with E-state index in [4.69, 9.17) is 0 Å². The number of hydrogen-bond acceptors (Lipinski definition) is 2. The monoisotopic (exact) mass is 327 g/mol. The molecule has 0 spiro atoms. The summed E-state index contributed by atoms with van der Waals surface area (Å²) in [5.74, 6) is 1.13. The van der Waals surface area contributed by atoms with Crippen LogP contribution in [0.5, 0.6) is 0 Å². The standard InChI is InChI=1S/C14H22BrN3O/c1-8-6-5-7-11(9(8)2)16-14(19)13-12(15)10(3)18(4)17-13/h8-9,11H,5-7H2,1-4H3,(H,16,19)/t8-,9-,11-/m1/s1. The minimum Gasteiger partial charge on any atom is -0.348 e. The number of amides is 1. The number of nitrogens with one attached hydrogen (secondary N) is 1. The summed E-state index contributed by atoms with van der Waals surface area (Å²) in [6.07, 6.45) is 3.53. The lowest BCUT2D eigenvalue weighted by Crippen LogP contribution is -2.43. The van der Waals surface area contributed by atoms with Crippen LogP contribution in [0.1, 0.15) is 49.3 Å². The molecule has 0 aliphatic heterocycles. The number of rotatable bonds is 2. The molecule has 1 amide bonds. The van der Waals surface area contributed by atoms with Crippen molar-refractivity contribution in [2.75, 3.05) is 0 Å². The van der Waals surface area contributed by atoms with Gasteiger partial charge in [-0.1, -0.05) is 26.7 Å². The Labute approximate surface area is 123 Å². The fourth-order valence-electron chi connectivity index (χ4n) is 2.75. The van der Waals surface area contributed by atoms with E-state index in [1.54, 1.807) is 4.68 Å². The van der Waals surface area contributed by atoms with Gasteiger partial charge in [0.2, 0.25) is 0 Å². The van der Waals surface area contributed by atoms with Gasteiger partial charge in [0, 0.05) is 13.1 Å². The summed E-state index contributed by atoms with van der Waals surface area (Å²) >= 11 is 3.45. The van der Waals surface area contributed by atoms with Crippen LogP contribution in [0.3, 0.4) is 0 Å². The molecule has 0 unspecified atom stereocenters. The van der Waals surface area contributed by atoms with Gasteiger partial charge in [-0.2, -0.15) is 5.10 Å². The van der Waals surface area contributed by atoms with Crippen molar-refractivity contribution in [3.05, 3.63) is 15.9 Å². The summed E-state index contributed by atoms with van der Waals surface area (Å²) in [7, 11) is 1.85. The fourth-order valence-corrected chi connectivity index (χ4v) is 3.27. The molecule has 1 N–H and O–H groups in total. The van der Waals surface area contributed by atoms with Gasteiger partial charge in [-0.25, -0.2) is 0 Å². The van der Waals surface area contributed by atoms with Gasteiger partial charge in [-0.05, 0) is 41.1 Å². The van der Waals surface area contributed by atoms with Gasteiger partial charge < -0.3 is 5.32 Å². The third-order valence-electron chi connectivity index (χ3n) is 4.50. The molecular formula is C14H22BrN3O. The Morgan fingerprint density at radius 3 is 2.68 bits per heavy atom. The lowest BCUT2D eigenvalue weighted by atomic mass is 9.78. The summed E-state index contributed by atoms with van der Waals surface area (Å²) in [5, 5.41) is 7.43. The highest BCUT2D eigenvalue weighted by atomic mass is 79.9. The quantitative estimate of drug-likeness (QED) is 0.907. The van der Waals surface area contributed by atoms with Crippen LogP contribution < -0.4 is 5.32 Å². The Balaban J connectivity index is 2.10. The topological polar surface area (TPSA) is 46.9 Å². The Kier molecular flexibility index (Phi) is 4.33. The molecule has 1 saturated carbocycles. The lowest BCUT2D eigenvalue weighted by Gasteiger charge is -2.34. The molecule has 1 aliphatic carbocycles. The maximum absolute atomic E-state index is 12.3. The molecule has 0 saturated heterocycles. The van der Waals surface area contributed by atoms with Crippen molar-refractivity contribution in [3.8, 4) is 0 Å². The molecule has 2 rings (SSSR count). The highest BCUT2D eigenvalue weighted by Gasteiger charge is 2.29. The summed E-state index contributed by atoms with van der Waals surface area (Å²) in [5.41, 5.74) is 1.46. The van der Waals surface area contributed by atoms with Gasteiger partial charge in [0.05, 0.1) is 10.2 Å². The largest absolute Gasteiger partial charge is 0.348 e. The summed E-state index contributed by atoms with van der Waals surface area (Å²) in [6, 6.07) is 0.269. The number of carbonyl (C=O) groups is 1. The van der Waals surface area contributed by atoms with Crippen molar-refractivity contribution in [2.45, 2.75) is 46.1 Å². The molecule has 3 atom stereocenters. The van der Waals surface area contributed by atoms with Crippen molar-refractivity contribution in [1.29, 1.82) is 0 Å². The molecule has 106 valence electrons. The zero-order valence-electron chi connectivity index (χ0n) is 12.0. The highest BCUT2D eigenvalue weighted by Crippen LogP contribution is 2.30. The third-order valence-corrected chi connectivity index (χ3v) is 5.45. The van der Waals surface area contributed by atoms with Crippen LogP contribution in [0.2, 0.25) is 0 Å². The van der Waals surface area contributed by atoms with E-state index in [-0.39, 0.29) is 11.9 Å². The fraction of sp³-hybridized carbons (Fsp3) is 0.714. The minimum absolute atomic E-state index is 0.0680. The average Bonchev–Trinajstić information content (AvgIpc) is 2.63. The minimum atomic E-state index is -0.0680. The smallest absolute Gasteiger partial charge is 0.273 e. The van der Waals surface area contributed by atoms with Gasteiger partial charge >= 0.3 is 0 Å². The summed E-state index contributed by atoms with van der Waals surface area (Å²) in [4.78, 5) is 12.3. The molecule has 1 aromatic heterocycles. The molecule has 1 aliphatic rings. The van der Waals surface area contributed by atoms with Crippen LogP contribution in [0, 0.1) is 18.8 Å². The highest BCUT2D eigenvalue weighted by molar-refractivity contribution is 9.10. The molecular weight excluding hydrogens is 306 g/mol. The first-order valence-electron chi connectivity index (χ1n) is 6.91. The number of aryl methyl sites for hydroxylation is 1. The van der Waals surface area contributed by atoms with E-state index >= 15 is 0 Å². The van der Waals surface area contributed by atoms with E-state index < -0.39 is 0 Å². The van der Waals surface area contributed by atoms with E-state index in [1.807, 2.05) is 14.0 Å². The maximum Gasteiger partial charge on any atom is 0.273 e. The molecule has 19 heavy (non-hydrogen) atoms. The first-order valence-corrected chi connectivity index (χ1v) is 7.71. The Morgan fingerprint density at radius 2 is 2.11 bits per heavy atom. The Hall–Kier alpha value is -0.840. The summed E-state index contributed by atoms with van der Waals surface area (Å²) < 4.78 is 2.52. The van der Waals surface area contributed by atoms with Gasteiger partial charge in [0.25, 0.3) is 5.91 Å². The van der Waals surface area contributed by atoms with E-state index in [9.17, 15) is 4.79 Å². The van der Waals surface area contributed by atoms with Crippen molar-refractivity contribution < 1.29 is 4.79 Å². The number of hydrogen-bond donors (Lipinski definition) is 1. The third kappa shape index (κ3) is 2.86. The maximum atomic E-state index is 12.3. The molecule has 0 bridgehead atoms. The molecule has 5 heteroatoms. The number of nitrogens with zero attached hydrogens (tertiary/aromatic N) is 2.